The number of carboxylic acid groups (broad SMARTS) is 1. The Kier molecular flexibility index (Phi) is 6.88. The number of methoxy groups -OCH3 is 1. The van der Waals surface area contributed by atoms with Gasteiger partial charge in [-0.2, -0.15) is 0 Å². The molecule has 2 aliphatic rings. The van der Waals surface area contributed by atoms with E-state index >= 15 is 0 Å². The molecular formula is C25H33N3O3. The summed E-state index contributed by atoms with van der Waals surface area (Å²) in [4.78, 5) is 17.6. The van der Waals surface area contributed by atoms with Crippen LogP contribution in [0.3, 0.4) is 0 Å². The fraction of sp³-hybridized carbons (Fsp3) is 0.520. The first kappa shape index (κ1) is 21.8. The summed E-state index contributed by atoms with van der Waals surface area (Å²) in [5.74, 6) is 0.545. The van der Waals surface area contributed by atoms with Gasteiger partial charge in [0, 0.05) is 37.3 Å². The van der Waals surface area contributed by atoms with E-state index < -0.39 is 5.97 Å². The lowest BCUT2D eigenvalue weighted by molar-refractivity contribution is -0.137. The van der Waals surface area contributed by atoms with E-state index in [-0.39, 0.29) is 11.8 Å². The number of hydrogen-bond acceptors (Lipinski definition) is 5. The highest BCUT2D eigenvalue weighted by molar-refractivity contribution is 5.66. The Morgan fingerprint density at radius 3 is 2.65 bits per heavy atom. The van der Waals surface area contributed by atoms with E-state index in [9.17, 15) is 4.79 Å². The number of carbonyl (C=O) groups is 1. The summed E-state index contributed by atoms with van der Waals surface area (Å²) in [6, 6.07) is 15.4. The van der Waals surface area contributed by atoms with E-state index in [1.165, 1.54) is 17.5 Å². The minimum Gasteiger partial charge on any atom is -0.481 e. The van der Waals surface area contributed by atoms with Gasteiger partial charge in [0.05, 0.1) is 13.5 Å². The molecule has 0 amide bonds. The number of benzene rings is 1. The van der Waals surface area contributed by atoms with E-state index in [0.29, 0.717) is 24.4 Å². The van der Waals surface area contributed by atoms with E-state index in [1.807, 2.05) is 12.3 Å². The maximum Gasteiger partial charge on any atom is 0.304 e. The number of piperidine rings is 1. The predicted molar refractivity (Wildman–Crippen MR) is 120 cm³/mol. The number of ether oxygens (including phenoxy) is 1. The van der Waals surface area contributed by atoms with Crippen molar-refractivity contribution in [2.45, 2.75) is 44.1 Å². The molecule has 166 valence electrons. The van der Waals surface area contributed by atoms with Crippen molar-refractivity contribution < 1.29 is 14.6 Å². The quantitative estimate of drug-likeness (QED) is 0.611. The summed E-state index contributed by atoms with van der Waals surface area (Å²) in [6.45, 7) is 3.53. The first-order chi connectivity index (χ1) is 15.1. The Balaban J connectivity index is 1.38. The predicted octanol–water partition coefficient (Wildman–Crippen LogP) is 3.34. The fourth-order valence-corrected chi connectivity index (χ4v) is 4.83. The van der Waals surface area contributed by atoms with Crippen LogP contribution in [0.25, 0.3) is 0 Å². The number of carboxylic acids is 1. The number of likely N-dealkylation sites (tertiary alicyclic amines) is 1. The number of aliphatic carboxylic acids is 1. The molecule has 2 heterocycles. The van der Waals surface area contributed by atoms with Crippen molar-refractivity contribution in [2.75, 3.05) is 33.3 Å². The maximum atomic E-state index is 10.9. The molecule has 1 aliphatic carbocycles. The summed E-state index contributed by atoms with van der Waals surface area (Å²) in [5, 5.41) is 12.9. The third kappa shape index (κ3) is 5.83. The smallest absolute Gasteiger partial charge is 0.304 e. The summed E-state index contributed by atoms with van der Waals surface area (Å²) < 4.78 is 5.21. The first-order valence-corrected chi connectivity index (χ1v) is 11.3. The van der Waals surface area contributed by atoms with Crippen LogP contribution < -0.4 is 10.1 Å². The molecule has 2 aromatic rings. The highest BCUT2D eigenvalue weighted by atomic mass is 16.5. The van der Waals surface area contributed by atoms with Gasteiger partial charge in [-0.1, -0.05) is 36.4 Å². The second kappa shape index (κ2) is 9.79. The number of aromatic nitrogens is 1. The second-order valence-electron chi connectivity index (χ2n) is 9.11. The maximum absolute atomic E-state index is 10.9. The molecule has 0 bridgehead atoms. The fourth-order valence-electron chi connectivity index (χ4n) is 4.83. The average Bonchev–Trinajstić information content (AvgIpc) is 3.58. The minimum atomic E-state index is -0.719. The van der Waals surface area contributed by atoms with Gasteiger partial charge in [0.1, 0.15) is 0 Å². The second-order valence-corrected chi connectivity index (χ2v) is 9.11. The van der Waals surface area contributed by atoms with Crippen molar-refractivity contribution in [3.05, 3.63) is 59.8 Å². The van der Waals surface area contributed by atoms with Crippen molar-refractivity contribution in [3.63, 3.8) is 0 Å². The number of nitrogens with zero attached hydrogens (tertiary/aromatic N) is 2. The lowest BCUT2D eigenvalue weighted by Crippen LogP contribution is -2.47. The van der Waals surface area contributed by atoms with Gasteiger partial charge >= 0.3 is 5.97 Å². The normalized spacial score (nSPS) is 22.7. The van der Waals surface area contributed by atoms with Crippen molar-refractivity contribution in [1.82, 2.24) is 15.2 Å². The molecule has 0 spiro atoms. The molecule has 1 saturated heterocycles. The Morgan fingerprint density at radius 1 is 1.23 bits per heavy atom. The van der Waals surface area contributed by atoms with E-state index in [2.05, 4.69) is 51.6 Å². The van der Waals surface area contributed by atoms with Gasteiger partial charge in [-0.3, -0.25) is 4.79 Å². The van der Waals surface area contributed by atoms with Crippen LogP contribution in [0.1, 0.15) is 42.7 Å². The average molecular weight is 424 g/mol. The molecule has 2 atom stereocenters. The molecule has 1 aromatic carbocycles. The van der Waals surface area contributed by atoms with E-state index in [0.717, 1.165) is 38.9 Å². The molecule has 2 fully saturated rings. The summed E-state index contributed by atoms with van der Waals surface area (Å²) in [6.07, 6.45) is 6.46. The Morgan fingerprint density at radius 2 is 2.00 bits per heavy atom. The summed E-state index contributed by atoms with van der Waals surface area (Å²) in [5.41, 5.74) is 2.83. The molecule has 6 nitrogen and oxygen atoms in total. The minimum absolute atomic E-state index is 0.166. The third-order valence-electron chi connectivity index (χ3n) is 6.90. The van der Waals surface area contributed by atoms with Crippen LogP contribution in [-0.2, 0) is 11.2 Å². The Hall–Kier alpha value is -2.44. The molecule has 1 saturated carbocycles. The lowest BCUT2D eigenvalue weighted by atomic mass is 9.73. The van der Waals surface area contributed by atoms with Gasteiger partial charge in [-0.25, -0.2) is 4.98 Å². The van der Waals surface area contributed by atoms with Gasteiger partial charge in [0.15, 0.2) is 0 Å². The van der Waals surface area contributed by atoms with Crippen LogP contribution in [0.5, 0.6) is 5.88 Å². The van der Waals surface area contributed by atoms with Crippen molar-refractivity contribution >= 4 is 5.97 Å². The molecule has 0 radical (unpaired) electrons. The highest BCUT2D eigenvalue weighted by Crippen LogP contribution is 2.42. The van der Waals surface area contributed by atoms with Crippen LogP contribution in [0.4, 0.5) is 0 Å². The van der Waals surface area contributed by atoms with Crippen molar-refractivity contribution in [2.24, 2.45) is 5.41 Å². The van der Waals surface area contributed by atoms with Gasteiger partial charge in [-0.15, -0.1) is 0 Å². The zero-order valence-corrected chi connectivity index (χ0v) is 18.3. The molecular weight excluding hydrogens is 390 g/mol. The Bertz CT molecular complexity index is 848. The third-order valence-corrected chi connectivity index (χ3v) is 6.90. The standard InChI is InChI=1S/C25H33N3O3/c1-31-23-8-7-19(17-26-23)16-25(10-13-28(14-11-25)12-9-24(29)30)18-27-22-15-21(22)20-5-3-2-4-6-20/h2-8,17,21-22,27H,9-16,18H2,1H3,(H,29,30). The van der Waals surface area contributed by atoms with Gasteiger partial charge < -0.3 is 20.1 Å². The van der Waals surface area contributed by atoms with Gasteiger partial charge in [0.2, 0.25) is 5.88 Å². The zero-order chi connectivity index (χ0) is 21.7. The summed E-state index contributed by atoms with van der Waals surface area (Å²) >= 11 is 0. The molecule has 2 N–H and O–H groups in total. The molecule has 1 aromatic heterocycles. The molecule has 4 rings (SSSR count). The van der Waals surface area contributed by atoms with Crippen molar-refractivity contribution in [1.29, 1.82) is 0 Å². The SMILES string of the molecule is COc1ccc(CC2(CNC3CC3c3ccccc3)CCN(CCC(=O)O)CC2)cn1. The number of nitrogens with one attached hydrogen (secondary N) is 1. The first-order valence-electron chi connectivity index (χ1n) is 11.3. The molecule has 1 aliphatic heterocycles. The highest BCUT2D eigenvalue weighted by Gasteiger charge is 2.41. The molecule has 2 unspecified atom stereocenters. The molecule has 31 heavy (non-hydrogen) atoms. The topological polar surface area (TPSA) is 74.7 Å². The van der Waals surface area contributed by atoms with Crippen LogP contribution in [0.15, 0.2) is 48.7 Å². The van der Waals surface area contributed by atoms with E-state index in [1.54, 1.807) is 7.11 Å². The number of pyridine rings is 1. The molecule has 6 heteroatoms. The van der Waals surface area contributed by atoms with Crippen molar-refractivity contribution in [3.8, 4) is 5.88 Å². The number of rotatable bonds is 10. The van der Waals surface area contributed by atoms with Crippen LogP contribution >= 0.6 is 0 Å². The lowest BCUT2D eigenvalue weighted by Gasteiger charge is -2.42. The Labute approximate surface area is 184 Å². The van der Waals surface area contributed by atoms with Crippen LogP contribution in [0, 0.1) is 5.41 Å². The van der Waals surface area contributed by atoms with Crippen LogP contribution in [0.2, 0.25) is 0 Å². The number of hydrogen-bond donors (Lipinski definition) is 2. The van der Waals surface area contributed by atoms with E-state index in [4.69, 9.17) is 9.84 Å². The summed E-state index contributed by atoms with van der Waals surface area (Å²) in [7, 11) is 1.64. The monoisotopic (exact) mass is 423 g/mol. The van der Waals surface area contributed by atoms with Crippen LogP contribution in [-0.4, -0.2) is 60.3 Å². The van der Waals surface area contributed by atoms with Gasteiger partial charge in [-0.05, 0) is 55.3 Å². The van der Waals surface area contributed by atoms with Gasteiger partial charge in [0.25, 0.3) is 0 Å². The largest absolute Gasteiger partial charge is 0.481 e. The zero-order valence-electron chi connectivity index (χ0n) is 18.3.